The molecule has 1 fully saturated rings. The van der Waals surface area contributed by atoms with Gasteiger partial charge in [0, 0.05) is 5.92 Å². The van der Waals surface area contributed by atoms with Crippen LogP contribution in [0.25, 0.3) is 0 Å². The number of unbranched alkanes of at least 4 members (excludes halogenated alkanes) is 1. The molecule has 0 aromatic carbocycles. The number of carbonyl (C=O) groups excluding carboxylic acids is 2. The highest BCUT2D eigenvalue weighted by Crippen LogP contribution is 2.26. The Kier molecular flexibility index (Phi) is 6.76. The Morgan fingerprint density at radius 3 is 2.17 bits per heavy atom. The van der Waals surface area contributed by atoms with Crippen LogP contribution in [0.4, 0.5) is 0 Å². The van der Waals surface area contributed by atoms with E-state index in [2.05, 4.69) is 13.8 Å². The van der Waals surface area contributed by atoms with Gasteiger partial charge in [-0.2, -0.15) is 0 Å². The lowest BCUT2D eigenvalue weighted by Crippen LogP contribution is -2.31. The van der Waals surface area contributed by atoms with E-state index in [4.69, 9.17) is 9.47 Å². The van der Waals surface area contributed by atoms with Gasteiger partial charge in [-0.25, -0.2) is 0 Å². The average Bonchev–Trinajstić information content (AvgIpc) is 2.33. The number of carbonyl (C=O) groups is 2. The third kappa shape index (κ3) is 5.07. The van der Waals surface area contributed by atoms with Crippen molar-refractivity contribution in [1.82, 2.24) is 0 Å². The Bertz CT molecular complexity index is 257. The zero-order valence-corrected chi connectivity index (χ0v) is 11.4. The average molecular weight is 256 g/mol. The van der Waals surface area contributed by atoms with Gasteiger partial charge in [-0.15, -0.1) is 0 Å². The van der Waals surface area contributed by atoms with Crippen LogP contribution >= 0.6 is 0 Å². The fourth-order valence-electron chi connectivity index (χ4n) is 2.39. The number of rotatable bonds is 6. The zero-order valence-electron chi connectivity index (χ0n) is 11.4. The first-order valence-corrected chi connectivity index (χ1v) is 6.98. The molecular weight excluding hydrogens is 232 g/mol. The molecule has 0 aliphatic carbocycles. The number of hydrogen-bond donors (Lipinski definition) is 0. The first-order valence-electron chi connectivity index (χ1n) is 6.98. The van der Waals surface area contributed by atoms with Crippen LogP contribution < -0.4 is 0 Å². The maximum atomic E-state index is 11.3. The third-order valence-electron chi connectivity index (χ3n) is 3.46. The van der Waals surface area contributed by atoms with Gasteiger partial charge in [-0.05, 0) is 12.3 Å². The molecule has 1 rings (SSSR count). The molecule has 1 saturated heterocycles. The normalized spacial score (nSPS) is 19.7. The van der Waals surface area contributed by atoms with E-state index in [1.807, 2.05) is 0 Å². The molecule has 1 unspecified atom stereocenters. The van der Waals surface area contributed by atoms with Crippen molar-refractivity contribution in [3.8, 4) is 0 Å². The lowest BCUT2D eigenvalue weighted by atomic mass is 9.85. The third-order valence-corrected chi connectivity index (χ3v) is 3.46. The quantitative estimate of drug-likeness (QED) is 0.541. The smallest absolute Gasteiger partial charge is 0.317 e. The van der Waals surface area contributed by atoms with Crippen LogP contribution in [0.2, 0.25) is 0 Å². The topological polar surface area (TPSA) is 52.6 Å². The second-order valence-corrected chi connectivity index (χ2v) is 4.99. The summed E-state index contributed by atoms with van der Waals surface area (Å²) in [6.45, 7) is 5.10. The highest BCUT2D eigenvalue weighted by Gasteiger charge is 2.27. The highest BCUT2D eigenvalue weighted by molar-refractivity contribution is 5.91. The maximum absolute atomic E-state index is 11.3. The fourth-order valence-corrected chi connectivity index (χ4v) is 2.39. The predicted octanol–water partition coefficient (Wildman–Crippen LogP) is 2.70. The summed E-state index contributed by atoms with van der Waals surface area (Å²) in [6.07, 6.45) is 5.40. The van der Waals surface area contributed by atoms with E-state index in [0.717, 1.165) is 25.7 Å². The molecule has 104 valence electrons. The van der Waals surface area contributed by atoms with Crippen molar-refractivity contribution in [1.29, 1.82) is 0 Å². The summed E-state index contributed by atoms with van der Waals surface area (Å²) in [5.41, 5.74) is 0. The Morgan fingerprint density at radius 2 is 1.67 bits per heavy atom. The number of esters is 2. The molecule has 1 aliphatic heterocycles. The Morgan fingerprint density at radius 1 is 1.06 bits per heavy atom. The molecule has 0 aromatic rings. The molecule has 0 aromatic heterocycles. The minimum absolute atomic E-state index is 0.157. The van der Waals surface area contributed by atoms with E-state index in [-0.39, 0.29) is 12.3 Å². The van der Waals surface area contributed by atoms with Crippen LogP contribution in [0.1, 0.15) is 52.4 Å². The van der Waals surface area contributed by atoms with Crippen LogP contribution in [0, 0.1) is 11.8 Å². The number of cyclic esters (lactones) is 2. The summed E-state index contributed by atoms with van der Waals surface area (Å²) in [4.78, 5) is 22.5. The van der Waals surface area contributed by atoms with E-state index in [1.165, 1.54) is 6.42 Å². The van der Waals surface area contributed by atoms with Crippen LogP contribution in [0.5, 0.6) is 0 Å². The summed E-state index contributed by atoms with van der Waals surface area (Å²) >= 11 is 0. The Labute approximate surface area is 109 Å². The molecule has 4 heteroatoms. The molecule has 4 nitrogen and oxygen atoms in total. The van der Waals surface area contributed by atoms with E-state index in [1.54, 1.807) is 0 Å². The second-order valence-electron chi connectivity index (χ2n) is 4.99. The zero-order chi connectivity index (χ0) is 13.4. The van der Waals surface area contributed by atoms with Crippen molar-refractivity contribution in [3.05, 3.63) is 0 Å². The predicted molar refractivity (Wildman–Crippen MR) is 67.9 cm³/mol. The molecule has 18 heavy (non-hydrogen) atoms. The van der Waals surface area contributed by atoms with Crippen LogP contribution in [0.15, 0.2) is 0 Å². The van der Waals surface area contributed by atoms with Gasteiger partial charge in [0.2, 0.25) is 0 Å². The summed E-state index contributed by atoms with van der Waals surface area (Å²) in [7, 11) is 0. The van der Waals surface area contributed by atoms with Crippen molar-refractivity contribution in [2.45, 2.75) is 52.4 Å². The monoisotopic (exact) mass is 256 g/mol. The first-order chi connectivity index (χ1) is 8.67. The van der Waals surface area contributed by atoms with Gasteiger partial charge in [-0.3, -0.25) is 9.59 Å². The van der Waals surface area contributed by atoms with Crippen molar-refractivity contribution in [2.75, 3.05) is 13.2 Å². The van der Waals surface area contributed by atoms with Gasteiger partial charge < -0.3 is 9.47 Å². The van der Waals surface area contributed by atoms with Gasteiger partial charge in [0.05, 0.1) is 13.2 Å². The summed E-state index contributed by atoms with van der Waals surface area (Å²) in [5, 5.41) is 0. The second kappa shape index (κ2) is 8.11. The molecule has 0 bridgehead atoms. The van der Waals surface area contributed by atoms with Crippen molar-refractivity contribution < 1.29 is 19.1 Å². The van der Waals surface area contributed by atoms with E-state index in [9.17, 15) is 9.59 Å². The molecule has 1 heterocycles. The van der Waals surface area contributed by atoms with Crippen molar-refractivity contribution >= 4 is 11.9 Å². The van der Waals surface area contributed by atoms with Crippen LogP contribution in [-0.2, 0) is 19.1 Å². The van der Waals surface area contributed by atoms with E-state index >= 15 is 0 Å². The van der Waals surface area contributed by atoms with E-state index in [0.29, 0.717) is 19.1 Å². The minimum atomic E-state index is -0.463. The lowest BCUT2D eigenvalue weighted by Gasteiger charge is -2.27. The molecule has 0 spiro atoms. The van der Waals surface area contributed by atoms with Crippen LogP contribution in [0.3, 0.4) is 0 Å². The summed E-state index contributed by atoms with van der Waals surface area (Å²) in [5.74, 6) is -0.288. The van der Waals surface area contributed by atoms with Crippen LogP contribution in [-0.4, -0.2) is 25.2 Å². The van der Waals surface area contributed by atoms with Gasteiger partial charge in [-0.1, -0.05) is 39.5 Å². The summed E-state index contributed by atoms with van der Waals surface area (Å²) in [6, 6.07) is 0. The number of hydrogen-bond acceptors (Lipinski definition) is 4. The Balaban J connectivity index is 2.57. The molecule has 1 aliphatic rings. The van der Waals surface area contributed by atoms with Gasteiger partial charge in [0.15, 0.2) is 0 Å². The molecule has 0 saturated carbocycles. The van der Waals surface area contributed by atoms with Crippen molar-refractivity contribution in [2.24, 2.45) is 11.8 Å². The maximum Gasteiger partial charge on any atom is 0.317 e. The fraction of sp³-hybridized carbons (Fsp3) is 0.857. The highest BCUT2D eigenvalue weighted by atomic mass is 16.6. The molecule has 1 atom stereocenters. The first kappa shape index (κ1) is 15.0. The lowest BCUT2D eigenvalue weighted by molar-refractivity contribution is -0.162. The van der Waals surface area contributed by atoms with Gasteiger partial charge in [0.25, 0.3) is 0 Å². The largest absolute Gasteiger partial charge is 0.465 e. The van der Waals surface area contributed by atoms with Gasteiger partial charge >= 0.3 is 11.9 Å². The van der Waals surface area contributed by atoms with Crippen molar-refractivity contribution in [3.63, 3.8) is 0 Å². The van der Waals surface area contributed by atoms with E-state index < -0.39 is 11.9 Å². The minimum Gasteiger partial charge on any atom is -0.465 e. The molecular formula is C14H24O4. The standard InChI is InChI=1S/C14H24O4/c1-3-5-7-11(6-4-2)12-9-17-13(15)8-14(16)18-10-12/h11-12H,3-10H2,1-2H3. The molecule has 0 radical (unpaired) electrons. The molecule has 0 amide bonds. The Hall–Kier alpha value is -1.06. The number of ether oxygens (including phenoxy) is 2. The molecule has 0 N–H and O–H groups in total. The van der Waals surface area contributed by atoms with Gasteiger partial charge in [0.1, 0.15) is 6.42 Å². The SMILES string of the molecule is CCCCC(CCC)C1COC(=O)CC(=O)OC1. The summed E-state index contributed by atoms with van der Waals surface area (Å²) < 4.78 is 10.3.